The number of hydrogen-bond donors (Lipinski definition) is 0. The number of hydrogen-bond acceptors (Lipinski definition) is 1. The van der Waals surface area contributed by atoms with Gasteiger partial charge in [-0.3, -0.25) is 0 Å². The van der Waals surface area contributed by atoms with Gasteiger partial charge in [0.2, 0.25) is 0 Å². The maximum atomic E-state index is 14.5. The monoisotopic (exact) mass is 294 g/mol. The van der Waals surface area contributed by atoms with Crippen molar-refractivity contribution in [1.82, 2.24) is 0 Å². The standard InChI is InChI=1S/C19H12F2O/c1-22-16-10-9-15(21)19-13(16)8-7-12-6-5-11-3-2-4-14(20)17(11)18(12)19/h2-10H,1H3. The highest BCUT2D eigenvalue weighted by molar-refractivity contribution is 6.21. The quantitative estimate of drug-likeness (QED) is 0.425. The molecule has 0 radical (unpaired) electrons. The molecule has 4 aromatic carbocycles. The van der Waals surface area contributed by atoms with Gasteiger partial charge in [0.1, 0.15) is 17.4 Å². The zero-order valence-electron chi connectivity index (χ0n) is 11.9. The molecule has 3 heteroatoms. The van der Waals surface area contributed by atoms with E-state index in [2.05, 4.69) is 0 Å². The lowest BCUT2D eigenvalue weighted by Gasteiger charge is -2.12. The van der Waals surface area contributed by atoms with Crippen molar-refractivity contribution in [2.75, 3.05) is 7.11 Å². The Bertz CT molecular complexity index is 1040. The van der Waals surface area contributed by atoms with E-state index in [1.54, 1.807) is 19.2 Å². The highest BCUT2D eigenvalue weighted by atomic mass is 19.1. The van der Waals surface area contributed by atoms with E-state index in [1.807, 2.05) is 30.3 Å². The van der Waals surface area contributed by atoms with Crippen LogP contribution < -0.4 is 4.74 Å². The molecule has 0 bridgehead atoms. The van der Waals surface area contributed by atoms with E-state index in [4.69, 9.17) is 4.74 Å². The van der Waals surface area contributed by atoms with E-state index in [-0.39, 0.29) is 11.6 Å². The number of halogens is 2. The molecular weight excluding hydrogens is 282 g/mol. The van der Waals surface area contributed by atoms with Gasteiger partial charge in [0.25, 0.3) is 0 Å². The van der Waals surface area contributed by atoms with Crippen molar-refractivity contribution in [3.8, 4) is 5.75 Å². The first kappa shape index (κ1) is 13.0. The van der Waals surface area contributed by atoms with Crippen LogP contribution in [0.2, 0.25) is 0 Å². The Morgan fingerprint density at radius 1 is 0.682 bits per heavy atom. The van der Waals surface area contributed by atoms with Gasteiger partial charge in [0.15, 0.2) is 0 Å². The van der Waals surface area contributed by atoms with Crippen molar-refractivity contribution in [3.63, 3.8) is 0 Å². The van der Waals surface area contributed by atoms with Crippen LogP contribution in [0.3, 0.4) is 0 Å². The molecule has 0 atom stereocenters. The Morgan fingerprint density at radius 2 is 1.36 bits per heavy atom. The Morgan fingerprint density at radius 3 is 2.14 bits per heavy atom. The molecule has 4 aromatic rings. The third kappa shape index (κ3) is 1.69. The molecule has 0 aliphatic carbocycles. The lowest BCUT2D eigenvalue weighted by atomic mass is 9.95. The summed E-state index contributed by atoms with van der Waals surface area (Å²) in [5.74, 6) is -0.151. The van der Waals surface area contributed by atoms with Gasteiger partial charge in [0.05, 0.1) is 7.11 Å². The van der Waals surface area contributed by atoms with Gasteiger partial charge in [-0.25, -0.2) is 8.78 Å². The molecule has 0 saturated carbocycles. The van der Waals surface area contributed by atoms with E-state index in [0.29, 0.717) is 27.3 Å². The van der Waals surface area contributed by atoms with Gasteiger partial charge >= 0.3 is 0 Å². The molecule has 0 fully saturated rings. The zero-order chi connectivity index (χ0) is 15.3. The summed E-state index contributed by atoms with van der Waals surface area (Å²) < 4.78 is 34.2. The van der Waals surface area contributed by atoms with Crippen LogP contribution in [-0.4, -0.2) is 7.11 Å². The number of benzene rings is 4. The number of rotatable bonds is 1. The van der Waals surface area contributed by atoms with Crippen molar-refractivity contribution in [2.45, 2.75) is 0 Å². The molecule has 108 valence electrons. The fourth-order valence-electron chi connectivity index (χ4n) is 3.10. The van der Waals surface area contributed by atoms with E-state index in [0.717, 1.165) is 10.8 Å². The predicted octanol–water partition coefficient (Wildman–Crippen LogP) is 5.43. The molecule has 4 rings (SSSR count). The second kappa shape index (κ2) is 4.67. The lowest BCUT2D eigenvalue weighted by Crippen LogP contribution is -1.90. The van der Waals surface area contributed by atoms with Crippen molar-refractivity contribution >= 4 is 32.3 Å². The summed E-state index contributed by atoms with van der Waals surface area (Å²) in [6, 6.07) is 15.3. The average Bonchev–Trinajstić information content (AvgIpc) is 2.54. The minimum atomic E-state index is -0.378. The highest BCUT2D eigenvalue weighted by Crippen LogP contribution is 2.38. The van der Waals surface area contributed by atoms with Gasteiger partial charge in [-0.15, -0.1) is 0 Å². The first-order valence-corrected chi connectivity index (χ1v) is 6.97. The van der Waals surface area contributed by atoms with Crippen LogP contribution in [0.4, 0.5) is 8.78 Å². The SMILES string of the molecule is COc1ccc(F)c2c1ccc1ccc3cccc(F)c3c12. The molecule has 1 nitrogen and oxygen atoms in total. The first-order chi connectivity index (χ1) is 10.7. The summed E-state index contributed by atoms with van der Waals surface area (Å²) in [5, 5.41) is 3.63. The second-order valence-corrected chi connectivity index (χ2v) is 5.24. The molecule has 0 spiro atoms. The van der Waals surface area contributed by atoms with Gasteiger partial charge in [-0.2, -0.15) is 0 Å². The van der Waals surface area contributed by atoms with Crippen molar-refractivity contribution in [2.24, 2.45) is 0 Å². The molecule has 0 aromatic heterocycles. The molecule has 0 amide bonds. The number of methoxy groups -OCH3 is 1. The van der Waals surface area contributed by atoms with Crippen LogP contribution in [0, 0.1) is 11.6 Å². The lowest BCUT2D eigenvalue weighted by molar-refractivity contribution is 0.419. The van der Waals surface area contributed by atoms with Crippen LogP contribution in [0.15, 0.2) is 54.6 Å². The van der Waals surface area contributed by atoms with Crippen LogP contribution in [0.5, 0.6) is 5.75 Å². The predicted molar refractivity (Wildman–Crippen MR) is 85.4 cm³/mol. The number of fused-ring (bicyclic) bond motifs is 5. The summed E-state index contributed by atoms with van der Waals surface area (Å²) in [6.45, 7) is 0. The van der Waals surface area contributed by atoms with Crippen molar-refractivity contribution in [3.05, 3.63) is 66.2 Å². The Labute approximate surface area is 125 Å². The summed E-state index contributed by atoms with van der Waals surface area (Å²) in [5.41, 5.74) is 0. The average molecular weight is 294 g/mol. The summed E-state index contributed by atoms with van der Waals surface area (Å²) >= 11 is 0. The second-order valence-electron chi connectivity index (χ2n) is 5.24. The third-order valence-corrected chi connectivity index (χ3v) is 4.08. The molecule has 0 heterocycles. The largest absolute Gasteiger partial charge is 0.496 e. The van der Waals surface area contributed by atoms with Crippen LogP contribution in [0.25, 0.3) is 32.3 Å². The fraction of sp³-hybridized carbons (Fsp3) is 0.0526. The van der Waals surface area contributed by atoms with Crippen molar-refractivity contribution in [1.29, 1.82) is 0 Å². The Balaban J connectivity index is 2.38. The molecule has 0 unspecified atom stereocenters. The molecule has 0 N–H and O–H groups in total. The third-order valence-electron chi connectivity index (χ3n) is 4.08. The van der Waals surface area contributed by atoms with Gasteiger partial charge in [0, 0.05) is 21.5 Å². The molecular formula is C19H12F2O. The summed E-state index contributed by atoms with van der Waals surface area (Å²) in [6.07, 6.45) is 0. The topological polar surface area (TPSA) is 9.23 Å². The van der Waals surface area contributed by atoms with Crippen LogP contribution in [-0.2, 0) is 0 Å². The fourth-order valence-corrected chi connectivity index (χ4v) is 3.10. The molecule has 0 saturated heterocycles. The molecule has 0 aliphatic heterocycles. The smallest absolute Gasteiger partial charge is 0.131 e. The van der Waals surface area contributed by atoms with Crippen molar-refractivity contribution < 1.29 is 13.5 Å². The minimum absolute atomic E-state index is 0.349. The van der Waals surface area contributed by atoms with Crippen LogP contribution in [0.1, 0.15) is 0 Å². The van der Waals surface area contributed by atoms with Crippen LogP contribution >= 0.6 is 0 Å². The normalized spacial score (nSPS) is 11.4. The molecule has 0 aliphatic rings. The maximum Gasteiger partial charge on any atom is 0.131 e. The van der Waals surface area contributed by atoms with Gasteiger partial charge in [-0.05, 0) is 35.0 Å². The number of ether oxygens (including phenoxy) is 1. The van der Waals surface area contributed by atoms with E-state index in [1.165, 1.54) is 12.1 Å². The van der Waals surface area contributed by atoms with Gasteiger partial charge in [-0.1, -0.05) is 30.3 Å². The first-order valence-electron chi connectivity index (χ1n) is 6.97. The van der Waals surface area contributed by atoms with E-state index < -0.39 is 0 Å². The Kier molecular flexibility index (Phi) is 2.76. The maximum absolute atomic E-state index is 14.5. The molecule has 22 heavy (non-hydrogen) atoms. The zero-order valence-corrected chi connectivity index (χ0v) is 11.9. The van der Waals surface area contributed by atoms with E-state index in [9.17, 15) is 8.78 Å². The van der Waals surface area contributed by atoms with Gasteiger partial charge < -0.3 is 4.74 Å². The Hall–Kier alpha value is -2.68. The summed E-state index contributed by atoms with van der Waals surface area (Å²) in [4.78, 5) is 0. The minimum Gasteiger partial charge on any atom is -0.496 e. The van der Waals surface area contributed by atoms with E-state index >= 15 is 0 Å². The summed E-state index contributed by atoms with van der Waals surface area (Å²) in [7, 11) is 1.54. The highest BCUT2D eigenvalue weighted by Gasteiger charge is 2.14.